The number of rotatable bonds is 7. The number of carbonyl (C=O) groups is 2. The van der Waals surface area contributed by atoms with Crippen molar-refractivity contribution < 1.29 is 14.0 Å². The molecule has 2 N–H and O–H groups in total. The second-order valence-electron chi connectivity index (χ2n) is 5.84. The number of nitrogens with zero attached hydrogens (tertiary/aromatic N) is 1. The first-order valence-corrected chi connectivity index (χ1v) is 9.32. The highest BCUT2D eigenvalue weighted by atomic mass is 32.2. The lowest BCUT2D eigenvalue weighted by Crippen LogP contribution is -2.43. The maximum atomic E-state index is 12.9. The van der Waals surface area contributed by atoms with Crippen LogP contribution in [0.2, 0.25) is 0 Å². The van der Waals surface area contributed by atoms with Gasteiger partial charge in [-0.1, -0.05) is 12.1 Å². The Balaban J connectivity index is 1.91. The fourth-order valence-electron chi connectivity index (χ4n) is 2.28. The van der Waals surface area contributed by atoms with E-state index in [0.717, 1.165) is 10.6 Å². The van der Waals surface area contributed by atoms with Gasteiger partial charge in [0.1, 0.15) is 5.82 Å². The smallest absolute Gasteiger partial charge is 0.241 e. The molecule has 138 valence electrons. The highest BCUT2D eigenvalue weighted by Gasteiger charge is 2.21. The van der Waals surface area contributed by atoms with Crippen LogP contribution in [0.3, 0.4) is 0 Å². The number of thioether (sulfide) groups is 1. The molecule has 0 aliphatic heterocycles. The van der Waals surface area contributed by atoms with Crippen LogP contribution in [0.1, 0.15) is 6.92 Å². The SMILES string of the molecule is CSc1ccccc1NC(=O)[C@@H](C)N(C)CC(=O)Nc1ccc(F)cc1. The minimum Gasteiger partial charge on any atom is -0.325 e. The molecule has 0 aliphatic rings. The second-order valence-corrected chi connectivity index (χ2v) is 6.68. The van der Waals surface area contributed by atoms with Crippen LogP contribution < -0.4 is 10.6 Å². The number of anilines is 2. The predicted octanol–water partition coefficient (Wildman–Crippen LogP) is 3.45. The van der Waals surface area contributed by atoms with Crippen molar-refractivity contribution in [2.24, 2.45) is 0 Å². The van der Waals surface area contributed by atoms with Gasteiger partial charge in [0.25, 0.3) is 0 Å². The summed E-state index contributed by atoms with van der Waals surface area (Å²) >= 11 is 1.55. The zero-order chi connectivity index (χ0) is 19.1. The van der Waals surface area contributed by atoms with E-state index in [4.69, 9.17) is 0 Å². The van der Waals surface area contributed by atoms with Crippen molar-refractivity contribution in [2.45, 2.75) is 17.9 Å². The lowest BCUT2D eigenvalue weighted by atomic mass is 10.2. The second kappa shape index (κ2) is 9.35. The molecule has 0 radical (unpaired) electrons. The van der Waals surface area contributed by atoms with Crippen LogP contribution in [-0.4, -0.2) is 42.6 Å². The van der Waals surface area contributed by atoms with Gasteiger partial charge in [-0.05, 0) is 56.6 Å². The average molecular weight is 375 g/mol. The molecule has 1 atom stereocenters. The van der Waals surface area contributed by atoms with E-state index >= 15 is 0 Å². The first-order valence-electron chi connectivity index (χ1n) is 8.10. The fourth-order valence-corrected chi connectivity index (χ4v) is 2.84. The first kappa shape index (κ1) is 19.9. The van der Waals surface area contributed by atoms with Gasteiger partial charge in [0, 0.05) is 10.6 Å². The predicted molar refractivity (Wildman–Crippen MR) is 104 cm³/mol. The Hall–Kier alpha value is -2.38. The van der Waals surface area contributed by atoms with E-state index in [1.165, 1.54) is 24.3 Å². The molecule has 2 aromatic carbocycles. The Morgan fingerprint density at radius 2 is 1.77 bits per heavy atom. The van der Waals surface area contributed by atoms with Crippen molar-refractivity contribution in [1.82, 2.24) is 4.90 Å². The summed E-state index contributed by atoms with van der Waals surface area (Å²) in [7, 11) is 1.70. The summed E-state index contributed by atoms with van der Waals surface area (Å²) < 4.78 is 12.9. The molecule has 0 aliphatic carbocycles. The molecule has 0 heterocycles. The number of halogens is 1. The van der Waals surface area contributed by atoms with Crippen molar-refractivity contribution in [3.05, 3.63) is 54.3 Å². The number of amides is 2. The van der Waals surface area contributed by atoms with Crippen LogP contribution in [-0.2, 0) is 9.59 Å². The maximum absolute atomic E-state index is 12.9. The molecule has 26 heavy (non-hydrogen) atoms. The number of nitrogens with one attached hydrogen (secondary N) is 2. The quantitative estimate of drug-likeness (QED) is 0.728. The van der Waals surface area contributed by atoms with Crippen LogP contribution in [0.5, 0.6) is 0 Å². The van der Waals surface area contributed by atoms with Crippen LogP contribution in [0.15, 0.2) is 53.4 Å². The number of hydrogen-bond donors (Lipinski definition) is 2. The third-order valence-electron chi connectivity index (χ3n) is 3.93. The Morgan fingerprint density at radius 1 is 1.12 bits per heavy atom. The molecule has 2 amide bonds. The van der Waals surface area contributed by atoms with Crippen molar-refractivity contribution in [3.63, 3.8) is 0 Å². The third kappa shape index (κ3) is 5.57. The molecule has 7 heteroatoms. The van der Waals surface area contributed by atoms with E-state index < -0.39 is 6.04 Å². The standard InChI is InChI=1S/C19H22FN3O2S/c1-13(19(25)22-16-6-4-5-7-17(16)26-3)23(2)12-18(24)21-15-10-8-14(20)9-11-15/h4-11,13H,12H2,1-3H3,(H,21,24)(H,22,25)/t13-/m1/s1. The molecule has 0 bridgehead atoms. The molecule has 2 rings (SSSR count). The lowest BCUT2D eigenvalue weighted by Gasteiger charge is -2.23. The monoisotopic (exact) mass is 375 g/mol. The van der Waals surface area contributed by atoms with Gasteiger partial charge in [0.2, 0.25) is 11.8 Å². The highest BCUT2D eigenvalue weighted by molar-refractivity contribution is 7.98. The van der Waals surface area contributed by atoms with Crippen molar-refractivity contribution in [1.29, 1.82) is 0 Å². The van der Waals surface area contributed by atoms with Crippen LogP contribution in [0.25, 0.3) is 0 Å². The molecule has 0 saturated heterocycles. The first-order chi connectivity index (χ1) is 12.4. The highest BCUT2D eigenvalue weighted by Crippen LogP contribution is 2.24. The van der Waals surface area contributed by atoms with Gasteiger partial charge in [0.15, 0.2) is 0 Å². The summed E-state index contributed by atoms with van der Waals surface area (Å²) in [5.74, 6) is -0.831. The summed E-state index contributed by atoms with van der Waals surface area (Å²) in [6.45, 7) is 1.78. The maximum Gasteiger partial charge on any atom is 0.241 e. The molecule has 0 spiro atoms. The topological polar surface area (TPSA) is 61.4 Å². The molecule has 5 nitrogen and oxygen atoms in total. The van der Waals surface area contributed by atoms with E-state index in [1.807, 2.05) is 30.5 Å². The van der Waals surface area contributed by atoms with Gasteiger partial charge >= 0.3 is 0 Å². The van der Waals surface area contributed by atoms with E-state index in [9.17, 15) is 14.0 Å². The zero-order valence-corrected chi connectivity index (χ0v) is 15.8. The van der Waals surface area contributed by atoms with E-state index in [-0.39, 0.29) is 24.2 Å². The van der Waals surface area contributed by atoms with E-state index in [1.54, 1.807) is 30.6 Å². The van der Waals surface area contributed by atoms with Gasteiger partial charge in [-0.2, -0.15) is 0 Å². The largest absolute Gasteiger partial charge is 0.325 e. The van der Waals surface area contributed by atoms with Crippen molar-refractivity contribution in [2.75, 3.05) is 30.5 Å². The molecule has 0 saturated carbocycles. The number of para-hydroxylation sites is 1. The number of hydrogen-bond acceptors (Lipinski definition) is 4. The van der Waals surface area contributed by atoms with Crippen LogP contribution in [0, 0.1) is 5.82 Å². The Bertz CT molecular complexity index is 768. The number of carbonyl (C=O) groups excluding carboxylic acids is 2. The minimum absolute atomic E-state index is 0.0378. The lowest BCUT2D eigenvalue weighted by molar-refractivity contribution is -0.122. The molecular formula is C19H22FN3O2S. The fraction of sp³-hybridized carbons (Fsp3) is 0.263. The molecule has 0 fully saturated rings. The molecule has 0 aromatic heterocycles. The molecular weight excluding hydrogens is 353 g/mol. The van der Waals surface area contributed by atoms with Gasteiger partial charge in [-0.15, -0.1) is 11.8 Å². The van der Waals surface area contributed by atoms with Gasteiger partial charge < -0.3 is 10.6 Å². The summed E-state index contributed by atoms with van der Waals surface area (Å²) in [4.78, 5) is 27.2. The zero-order valence-electron chi connectivity index (χ0n) is 15.0. The van der Waals surface area contributed by atoms with Crippen molar-refractivity contribution >= 4 is 35.0 Å². The summed E-state index contributed by atoms with van der Waals surface area (Å²) in [5, 5.41) is 5.58. The molecule has 0 unspecified atom stereocenters. The Labute approximate surface area is 157 Å². The summed E-state index contributed by atoms with van der Waals surface area (Å²) in [5.41, 5.74) is 1.26. The Kier molecular flexibility index (Phi) is 7.17. The minimum atomic E-state index is -0.496. The van der Waals surface area contributed by atoms with Crippen molar-refractivity contribution in [3.8, 4) is 0 Å². The summed E-state index contributed by atoms with van der Waals surface area (Å²) in [6, 6.07) is 12.6. The third-order valence-corrected chi connectivity index (χ3v) is 4.72. The average Bonchev–Trinajstić information content (AvgIpc) is 2.63. The van der Waals surface area contributed by atoms with Crippen LogP contribution >= 0.6 is 11.8 Å². The van der Waals surface area contributed by atoms with E-state index in [0.29, 0.717) is 5.69 Å². The van der Waals surface area contributed by atoms with Gasteiger partial charge in [-0.3, -0.25) is 14.5 Å². The van der Waals surface area contributed by atoms with Gasteiger partial charge in [-0.25, -0.2) is 4.39 Å². The van der Waals surface area contributed by atoms with E-state index in [2.05, 4.69) is 10.6 Å². The summed E-state index contributed by atoms with van der Waals surface area (Å²) in [6.07, 6.45) is 1.94. The normalized spacial score (nSPS) is 11.9. The molecule has 2 aromatic rings. The number of benzene rings is 2. The number of likely N-dealkylation sites (N-methyl/N-ethyl adjacent to an activating group) is 1. The van der Waals surface area contributed by atoms with Crippen LogP contribution in [0.4, 0.5) is 15.8 Å². The van der Waals surface area contributed by atoms with Gasteiger partial charge in [0.05, 0.1) is 18.3 Å². The Morgan fingerprint density at radius 3 is 2.42 bits per heavy atom.